The van der Waals surface area contributed by atoms with Gasteiger partial charge in [0, 0.05) is 11.4 Å². The van der Waals surface area contributed by atoms with E-state index >= 15 is 0 Å². The van der Waals surface area contributed by atoms with Crippen LogP contribution in [0.15, 0.2) is 118 Å². The highest BCUT2D eigenvalue weighted by Crippen LogP contribution is 2.31. The highest BCUT2D eigenvalue weighted by molar-refractivity contribution is 6.18. The summed E-state index contributed by atoms with van der Waals surface area (Å²) in [4.78, 5) is 27.5. The van der Waals surface area contributed by atoms with Crippen molar-refractivity contribution in [2.75, 3.05) is 0 Å². The van der Waals surface area contributed by atoms with Crippen LogP contribution in [0.25, 0.3) is 22.3 Å². The van der Waals surface area contributed by atoms with Crippen LogP contribution in [0, 0.1) is 0 Å². The van der Waals surface area contributed by atoms with Crippen molar-refractivity contribution in [3.63, 3.8) is 0 Å². The van der Waals surface area contributed by atoms with Crippen LogP contribution in [0.2, 0.25) is 0 Å². The zero-order valence-electron chi connectivity index (χ0n) is 18.7. The van der Waals surface area contributed by atoms with Crippen LogP contribution in [0.4, 0.5) is 0 Å². The van der Waals surface area contributed by atoms with E-state index in [4.69, 9.17) is 20.8 Å². The fourth-order valence-corrected chi connectivity index (χ4v) is 4.37. The fraction of sp³-hybridized carbons (Fsp3) is 0.0667. The van der Waals surface area contributed by atoms with Gasteiger partial charge in [-0.25, -0.2) is 4.79 Å². The van der Waals surface area contributed by atoms with E-state index in [1.807, 2.05) is 78.9 Å². The summed E-state index contributed by atoms with van der Waals surface area (Å²) in [6.45, 7) is 0. The standard InChI is InChI=1S/C30H21ClO4/c31-19-23-17-10-18-24-25(23)27(32)26(29(34-24)22-15-8-3-9-16-22)30(33)35-28(20-11-4-1-5-12-20)21-13-6-2-7-14-21/h1-18,28H,19H2. The molecule has 0 saturated carbocycles. The minimum Gasteiger partial charge on any atom is -0.455 e. The Bertz CT molecular complexity index is 1490. The molecule has 0 aliphatic rings. The minimum atomic E-state index is -0.762. The van der Waals surface area contributed by atoms with Crippen molar-refractivity contribution < 1.29 is 13.9 Å². The first-order chi connectivity index (χ1) is 17.2. The molecule has 172 valence electrons. The first kappa shape index (κ1) is 22.6. The van der Waals surface area contributed by atoms with Crippen LogP contribution in [0.5, 0.6) is 0 Å². The predicted octanol–water partition coefficient (Wildman–Crippen LogP) is 7.15. The molecule has 0 atom stereocenters. The van der Waals surface area contributed by atoms with E-state index in [0.717, 1.165) is 11.1 Å². The lowest BCUT2D eigenvalue weighted by Crippen LogP contribution is -2.22. The smallest absolute Gasteiger partial charge is 0.346 e. The molecular formula is C30H21ClO4. The summed E-state index contributed by atoms with van der Waals surface area (Å²) in [5, 5.41) is 0.283. The Kier molecular flexibility index (Phi) is 6.47. The lowest BCUT2D eigenvalue weighted by atomic mass is 10.0. The van der Waals surface area contributed by atoms with Gasteiger partial charge in [-0.3, -0.25) is 4.79 Å². The van der Waals surface area contributed by atoms with Gasteiger partial charge in [0.05, 0.1) is 5.39 Å². The van der Waals surface area contributed by atoms with Crippen molar-refractivity contribution in [3.05, 3.63) is 142 Å². The number of carbonyl (C=O) groups excluding carboxylic acids is 1. The molecule has 1 aromatic heterocycles. The first-order valence-electron chi connectivity index (χ1n) is 11.2. The SMILES string of the molecule is O=C(OC(c1ccccc1)c1ccccc1)c1c(-c2ccccc2)oc2cccc(CCl)c2c1=O. The normalized spacial score (nSPS) is 11.0. The molecule has 0 spiro atoms. The molecular weight excluding hydrogens is 460 g/mol. The maximum absolute atomic E-state index is 13.8. The van der Waals surface area contributed by atoms with Crippen molar-refractivity contribution in [1.29, 1.82) is 0 Å². The number of fused-ring (bicyclic) bond motifs is 1. The van der Waals surface area contributed by atoms with Gasteiger partial charge in [-0.1, -0.05) is 103 Å². The Morgan fingerprint density at radius 3 is 1.91 bits per heavy atom. The van der Waals surface area contributed by atoms with Gasteiger partial charge < -0.3 is 9.15 Å². The van der Waals surface area contributed by atoms with E-state index in [0.29, 0.717) is 16.7 Å². The number of benzene rings is 4. The molecule has 4 nitrogen and oxygen atoms in total. The molecule has 0 unspecified atom stereocenters. The summed E-state index contributed by atoms with van der Waals surface area (Å²) in [5.74, 6) is -0.487. The van der Waals surface area contributed by atoms with Gasteiger partial charge in [-0.05, 0) is 22.8 Å². The second kappa shape index (κ2) is 10.00. The molecule has 0 N–H and O–H groups in total. The number of carbonyl (C=O) groups is 1. The predicted molar refractivity (Wildman–Crippen MR) is 138 cm³/mol. The van der Waals surface area contributed by atoms with E-state index in [1.165, 1.54) is 0 Å². The van der Waals surface area contributed by atoms with Gasteiger partial charge in [0.1, 0.15) is 5.58 Å². The number of rotatable bonds is 6. The monoisotopic (exact) mass is 480 g/mol. The van der Waals surface area contributed by atoms with Crippen molar-refractivity contribution in [1.82, 2.24) is 0 Å². The molecule has 5 aromatic rings. The zero-order valence-corrected chi connectivity index (χ0v) is 19.4. The number of esters is 1. The Balaban J connectivity index is 1.69. The van der Waals surface area contributed by atoms with Gasteiger partial charge in [0.2, 0.25) is 5.43 Å². The van der Waals surface area contributed by atoms with Gasteiger partial charge in [-0.15, -0.1) is 11.6 Å². The second-order valence-corrected chi connectivity index (χ2v) is 8.30. The van der Waals surface area contributed by atoms with Crippen molar-refractivity contribution in [2.24, 2.45) is 0 Å². The number of alkyl halides is 1. The lowest BCUT2D eigenvalue weighted by Gasteiger charge is -2.20. The third-order valence-electron chi connectivity index (χ3n) is 5.82. The zero-order chi connectivity index (χ0) is 24.2. The highest BCUT2D eigenvalue weighted by Gasteiger charge is 2.28. The van der Waals surface area contributed by atoms with E-state index in [1.54, 1.807) is 30.3 Å². The summed E-state index contributed by atoms with van der Waals surface area (Å²) in [5.41, 5.74) is 2.52. The minimum absolute atomic E-state index is 0.109. The molecule has 35 heavy (non-hydrogen) atoms. The summed E-state index contributed by atoms with van der Waals surface area (Å²) in [6, 6.07) is 33.2. The average molecular weight is 481 g/mol. The van der Waals surface area contributed by atoms with Crippen LogP contribution >= 0.6 is 11.6 Å². The quantitative estimate of drug-likeness (QED) is 0.191. The summed E-state index contributed by atoms with van der Waals surface area (Å²) >= 11 is 6.11. The number of hydrogen-bond acceptors (Lipinski definition) is 4. The Labute approximate surface area is 207 Å². The number of ether oxygens (including phenoxy) is 1. The number of halogens is 1. The third kappa shape index (κ3) is 4.48. The molecule has 1 heterocycles. The third-order valence-corrected chi connectivity index (χ3v) is 6.11. The summed E-state index contributed by atoms with van der Waals surface area (Å²) in [6.07, 6.45) is -0.702. The second-order valence-electron chi connectivity index (χ2n) is 8.03. The average Bonchev–Trinajstić information content (AvgIpc) is 2.92. The molecule has 0 bridgehead atoms. The molecule has 0 aliphatic carbocycles. The Morgan fingerprint density at radius 2 is 1.34 bits per heavy atom. The van der Waals surface area contributed by atoms with Gasteiger partial charge in [0.15, 0.2) is 17.4 Å². The number of hydrogen-bond donors (Lipinski definition) is 0. The summed E-state index contributed by atoms with van der Waals surface area (Å²) in [7, 11) is 0. The van der Waals surface area contributed by atoms with Crippen LogP contribution in [-0.4, -0.2) is 5.97 Å². The van der Waals surface area contributed by atoms with Crippen molar-refractivity contribution in [2.45, 2.75) is 12.0 Å². The Hall–Kier alpha value is -4.15. The van der Waals surface area contributed by atoms with Gasteiger partial charge >= 0.3 is 5.97 Å². The molecule has 5 heteroatoms. The molecule has 0 saturated heterocycles. The maximum Gasteiger partial charge on any atom is 0.346 e. The van der Waals surface area contributed by atoms with Crippen LogP contribution in [-0.2, 0) is 10.6 Å². The van der Waals surface area contributed by atoms with Gasteiger partial charge in [0.25, 0.3) is 0 Å². The molecule has 0 radical (unpaired) electrons. The van der Waals surface area contributed by atoms with E-state index < -0.39 is 17.5 Å². The van der Waals surface area contributed by atoms with Crippen molar-refractivity contribution >= 4 is 28.5 Å². The van der Waals surface area contributed by atoms with Crippen LogP contribution < -0.4 is 5.43 Å². The Morgan fingerprint density at radius 1 is 0.771 bits per heavy atom. The van der Waals surface area contributed by atoms with Crippen molar-refractivity contribution in [3.8, 4) is 11.3 Å². The largest absolute Gasteiger partial charge is 0.455 e. The summed E-state index contributed by atoms with van der Waals surface area (Å²) < 4.78 is 12.2. The van der Waals surface area contributed by atoms with Gasteiger partial charge in [-0.2, -0.15) is 0 Å². The molecule has 0 fully saturated rings. The van der Waals surface area contributed by atoms with Crippen LogP contribution in [0.3, 0.4) is 0 Å². The molecule has 5 rings (SSSR count). The van der Waals surface area contributed by atoms with E-state index in [2.05, 4.69) is 0 Å². The van der Waals surface area contributed by atoms with E-state index in [9.17, 15) is 9.59 Å². The highest BCUT2D eigenvalue weighted by atomic mass is 35.5. The molecule has 0 aliphatic heterocycles. The first-order valence-corrected chi connectivity index (χ1v) is 11.7. The lowest BCUT2D eigenvalue weighted by molar-refractivity contribution is 0.0375. The van der Waals surface area contributed by atoms with Crippen LogP contribution in [0.1, 0.15) is 33.2 Å². The fourth-order valence-electron chi connectivity index (χ4n) is 4.15. The molecule has 4 aromatic carbocycles. The topological polar surface area (TPSA) is 56.5 Å². The molecule has 0 amide bonds. The maximum atomic E-state index is 13.8. The van der Waals surface area contributed by atoms with E-state index in [-0.39, 0.29) is 22.6 Å².